The van der Waals surface area contributed by atoms with Crippen molar-refractivity contribution in [2.24, 2.45) is 0 Å². The molecule has 156 valence electrons. The molecule has 1 fully saturated rings. The van der Waals surface area contributed by atoms with E-state index in [2.05, 4.69) is 15.5 Å². The van der Waals surface area contributed by atoms with Gasteiger partial charge in [0.2, 0.25) is 5.91 Å². The summed E-state index contributed by atoms with van der Waals surface area (Å²) < 4.78 is 0.730. The average Bonchev–Trinajstić information content (AvgIpc) is 3.08. The zero-order chi connectivity index (χ0) is 21.1. The number of aryl methyl sites for hydroxylation is 1. The van der Waals surface area contributed by atoms with E-state index in [0.717, 1.165) is 9.35 Å². The Balaban J connectivity index is 1.63. The Labute approximate surface area is 178 Å². The minimum Gasteiger partial charge on any atom is -0.481 e. The summed E-state index contributed by atoms with van der Waals surface area (Å²) in [6, 6.07) is -0.799. The normalized spacial score (nSPS) is 20.9. The van der Waals surface area contributed by atoms with Crippen LogP contribution in [0.15, 0.2) is 15.6 Å². The fourth-order valence-corrected chi connectivity index (χ4v) is 6.23. The maximum atomic E-state index is 12.5. The van der Waals surface area contributed by atoms with Gasteiger partial charge in [0.15, 0.2) is 4.34 Å². The quantitative estimate of drug-likeness (QED) is 0.360. The first-order valence-corrected chi connectivity index (χ1v) is 11.5. The molecule has 0 unspecified atom stereocenters. The highest BCUT2D eigenvalue weighted by Gasteiger charge is 2.54. The molecule has 2 atom stereocenters. The van der Waals surface area contributed by atoms with Crippen molar-refractivity contribution < 1.29 is 29.4 Å². The lowest BCUT2D eigenvalue weighted by Gasteiger charge is -2.49. The van der Waals surface area contributed by atoms with Gasteiger partial charge in [-0.2, -0.15) is 0 Å². The van der Waals surface area contributed by atoms with Gasteiger partial charge in [-0.3, -0.25) is 19.3 Å². The van der Waals surface area contributed by atoms with E-state index in [1.165, 1.54) is 39.8 Å². The minimum atomic E-state index is -1.18. The first-order chi connectivity index (χ1) is 13.8. The van der Waals surface area contributed by atoms with Crippen molar-refractivity contribution in [1.82, 2.24) is 20.4 Å². The molecule has 2 aliphatic heterocycles. The molecule has 0 bridgehead atoms. The number of β-lactam (4-membered cyclic amide) rings is 1. The van der Waals surface area contributed by atoms with E-state index in [1.54, 1.807) is 0 Å². The van der Waals surface area contributed by atoms with Gasteiger partial charge < -0.3 is 15.5 Å². The Morgan fingerprint density at radius 2 is 2.03 bits per heavy atom. The molecule has 1 aromatic rings. The van der Waals surface area contributed by atoms with Gasteiger partial charge in [-0.15, -0.1) is 22.0 Å². The second-order valence-corrected chi connectivity index (χ2v) is 9.84. The van der Waals surface area contributed by atoms with Gasteiger partial charge in [0, 0.05) is 24.3 Å². The van der Waals surface area contributed by atoms with Crippen molar-refractivity contribution in [3.8, 4) is 0 Å². The van der Waals surface area contributed by atoms with Crippen LogP contribution in [-0.2, 0) is 19.2 Å². The highest BCUT2D eigenvalue weighted by molar-refractivity contribution is 8.01. The van der Waals surface area contributed by atoms with Crippen LogP contribution < -0.4 is 5.32 Å². The SMILES string of the molecule is Cc1nnc(SCC2=C(C(=O)O)N3C(=O)[C@@H](NC(=O)CCCC(=O)O)[C@H]3SC2)s1. The summed E-state index contributed by atoms with van der Waals surface area (Å²) in [6.45, 7) is 1.83. The molecule has 2 aliphatic rings. The zero-order valence-corrected chi connectivity index (χ0v) is 17.7. The predicted octanol–water partition coefficient (Wildman–Crippen LogP) is 0.932. The Bertz CT molecular complexity index is 886. The molecule has 1 saturated heterocycles. The number of carbonyl (C=O) groups excluding carboxylic acids is 2. The molecule has 0 radical (unpaired) electrons. The number of nitrogens with one attached hydrogen (secondary N) is 1. The number of hydrogen-bond donors (Lipinski definition) is 3. The molecule has 0 spiro atoms. The van der Waals surface area contributed by atoms with Crippen LogP contribution in [0.5, 0.6) is 0 Å². The average molecular weight is 459 g/mol. The first-order valence-electron chi connectivity index (χ1n) is 8.62. The van der Waals surface area contributed by atoms with E-state index in [1.807, 2.05) is 6.92 Å². The maximum Gasteiger partial charge on any atom is 0.352 e. The van der Waals surface area contributed by atoms with E-state index in [4.69, 9.17) is 5.11 Å². The number of thioether (sulfide) groups is 2. The highest BCUT2D eigenvalue weighted by Crippen LogP contribution is 2.41. The van der Waals surface area contributed by atoms with Crippen LogP contribution in [0.4, 0.5) is 0 Å². The number of amides is 2. The molecule has 3 N–H and O–H groups in total. The number of carboxylic acid groups (broad SMARTS) is 2. The number of nitrogens with zero attached hydrogens (tertiary/aromatic N) is 3. The van der Waals surface area contributed by atoms with Gasteiger partial charge in [-0.05, 0) is 18.9 Å². The summed E-state index contributed by atoms with van der Waals surface area (Å²) in [6.07, 6.45) is 0.0476. The van der Waals surface area contributed by atoms with Crippen LogP contribution in [0.2, 0.25) is 0 Å². The highest BCUT2D eigenvalue weighted by atomic mass is 32.2. The third-order valence-corrected chi connectivity index (χ3v) is 7.64. The molecule has 0 aromatic carbocycles. The van der Waals surface area contributed by atoms with E-state index in [0.29, 0.717) is 17.1 Å². The van der Waals surface area contributed by atoms with Crippen molar-refractivity contribution in [1.29, 1.82) is 0 Å². The molecule has 2 amide bonds. The van der Waals surface area contributed by atoms with Crippen LogP contribution in [0, 0.1) is 6.92 Å². The van der Waals surface area contributed by atoms with Crippen LogP contribution in [-0.4, -0.2) is 72.0 Å². The van der Waals surface area contributed by atoms with Crippen molar-refractivity contribution >= 4 is 58.6 Å². The lowest BCUT2D eigenvalue weighted by atomic mass is 10.0. The first kappa shape index (κ1) is 21.6. The zero-order valence-electron chi connectivity index (χ0n) is 15.3. The largest absolute Gasteiger partial charge is 0.481 e. The number of aliphatic carboxylic acids is 2. The van der Waals surface area contributed by atoms with Gasteiger partial charge >= 0.3 is 11.9 Å². The number of carbonyl (C=O) groups is 4. The lowest BCUT2D eigenvalue weighted by Crippen LogP contribution is -2.70. The molecular formula is C16H18N4O6S3. The van der Waals surface area contributed by atoms with Crippen molar-refractivity contribution in [2.75, 3.05) is 11.5 Å². The van der Waals surface area contributed by atoms with Gasteiger partial charge in [-0.25, -0.2) is 4.79 Å². The van der Waals surface area contributed by atoms with Gasteiger partial charge in [0.1, 0.15) is 22.1 Å². The minimum absolute atomic E-state index is 0.00174. The Hall–Kier alpha value is -2.12. The maximum absolute atomic E-state index is 12.5. The third kappa shape index (κ3) is 4.90. The molecule has 0 aliphatic carbocycles. The molecule has 13 heteroatoms. The van der Waals surface area contributed by atoms with E-state index in [9.17, 15) is 24.3 Å². The van der Waals surface area contributed by atoms with E-state index >= 15 is 0 Å². The fourth-order valence-electron chi connectivity index (χ4n) is 2.93. The number of rotatable bonds is 9. The summed E-state index contributed by atoms with van der Waals surface area (Å²) >= 11 is 4.19. The summed E-state index contributed by atoms with van der Waals surface area (Å²) in [5.41, 5.74) is 0.583. The van der Waals surface area contributed by atoms with Crippen LogP contribution in [0.1, 0.15) is 24.3 Å². The standard InChI is InChI=1S/C16H18N4O6S3/c1-7-18-19-16(29-7)28-6-8-5-27-14-11(13(24)20(14)12(8)15(25)26)17-9(21)3-2-4-10(22)23/h11,14H,2-6H2,1H3,(H,17,21)(H,22,23)(H,25,26)/t11-,14-/m1/s1. The smallest absolute Gasteiger partial charge is 0.352 e. The van der Waals surface area contributed by atoms with Crippen molar-refractivity contribution in [3.05, 3.63) is 16.3 Å². The Morgan fingerprint density at radius 1 is 1.28 bits per heavy atom. The number of fused-ring (bicyclic) bond motifs is 1. The van der Waals surface area contributed by atoms with Gasteiger partial charge in [0.05, 0.1) is 0 Å². The summed E-state index contributed by atoms with van der Waals surface area (Å²) in [4.78, 5) is 48.0. The fraction of sp³-hybridized carbons (Fsp3) is 0.500. The summed E-state index contributed by atoms with van der Waals surface area (Å²) in [7, 11) is 0. The number of carboxylic acids is 2. The van der Waals surface area contributed by atoms with E-state index in [-0.39, 0.29) is 25.0 Å². The van der Waals surface area contributed by atoms with Crippen LogP contribution >= 0.6 is 34.9 Å². The van der Waals surface area contributed by atoms with E-state index < -0.39 is 35.2 Å². The Morgan fingerprint density at radius 3 is 2.66 bits per heavy atom. The Kier molecular flexibility index (Phi) is 6.80. The molecule has 0 saturated carbocycles. The van der Waals surface area contributed by atoms with Crippen LogP contribution in [0.25, 0.3) is 0 Å². The molecule has 1 aromatic heterocycles. The lowest BCUT2D eigenvalue weighted by molar-refractivity contribution is -0.150. The summed E-state index contributed by atoms with van der Waals surface area (Å²) in [5, 5.41) is 29.1. The predicted molar refractivity (Wildman–Crippen MR) is 107 cm³/mol. The molecule has 29 heavy (non-hydrogen) atoms. The van der Waals surface area contributed by atoms with Crippen molar-refractivity contribution in [3.63, 3.8) is 0 Å². The van der Waals surface area contributed by atoms with Crippen LogP contribution in [0.3, 0.4) is 0 Å². The molecule has 3 rings (SSSR count). The number of hydrogen-bond acceptors (Lipinski definition) is 9. The molecule has 3 heterocycles. The third-order valence-electron chi connectivity index (χ3n) is 4.24. The van der Waals surface area contributed by atoms with Gasteiger partial charge in [-0.1, -0.05) is 23.1 Å². The monoisotopic (exact) mass is 458 g/mol. The summed E-state index contributed by atoms with van der Waals surface area (Å²) in [5.74, 6) is -2.26. The topological polar surface area (TPSA) is 150 Å². The number of aromatic nitrogens is 2. The van der Waals surface area contributed by atoms with Crippen molar-refractivity contribution in [2.45, 2.75) is 41.9 Å². The molecule has 10 nitrogen and oxygen atoms in total. The van der Waals surface area contributed by atoms with Gasteiger partial charge in [0.25, 0.3) is 5.91 Å². The molecular weight excluding hydrogens is 440 g/mol. The second-order valence-electron chi connectivity index (χ2n) is 6.34. The second kappa shape index (κ2) is 9.13.